The summed E-state index contributed by atoms with van der Waals surface area (Å²) >= 11 is 2.98. The Morgan fingerprint density at radius 2 is 1.93 bits per heavy atom. The Morgan fingerprint density at radius 3 is 2.57 bits per heavy atom. The fourth-order valence-electron chi connectivity index (χ4n) is 2.85. The standard InChI is InChI=1S/C21H28N4OS2/c1-21(2,3)17-14-27-19(23-17)24-18(26)15-28-20(25-12-8-5-9-13-25)22-16-10-6-4-7-11-16/h4,6-7,10-11,14H,5,8-9,12-13,15H2,1-3H3,(H,23,24,26). The molecule has 1 fully saturated rings. The van der Waals surface area contributed by atoms with Crippen molar-refractivity contribution < 1.29 is 4.79 Å². The van der Waals surface area contributed by atoms with Gasteiger partial charge in [0.2, 0.25) is 5.91 Å². The van der Waals surface area contributed by atoms with Gasteiger partial charge in [0.05, 0.1) is 17.1 Å². The molecule has 0 atom stereocenters. The quantitative estimate of drug-likeness (QED) is 0.544. The van der Waals surface area contributed by atoms with Crippen LogP contribution in [-0.2, 0) is 10.2 Å². The molecule has 7 heteroatoms. The van der Waals surface area contributed by atoms with E-state index < -0.39 is 0 Å². The molecule has 0 unspecified atom stereocenters. The molecule has 0 spiro atoms. The third kappa shape index (κ3) is 6.07. The number of thiazole rings is 1. The van der Waals surface area contributed by atoms with E-state index in [-0.39, 0.29) is 11.3 Å². The zero-order valence-corrected chi connectivity index (χ0v) is 18.4. The summed E-state index contributed by atoms with van der Waals surface area (Å²) < 4.78 is 0. The number of benzene rings is 1. The molecular weight excluding hydrogens is 388 g/mol. The summed E-state index contributed by atoms with van der Waals surface area (Å²) in [6.07, 6.45) is 3.62. The number of thioether (sulfide) groups is 1. The number of piperidine rings is 1. The van der Waals surface area contributed by atoms with Gasteiger partial charge in [0, 0.05) is 23.9 Å². The van der Waals surface area contributed by atoms with Crippen LogP contribution >= 0.6 is 23.1 Å². The van der Waals surface area contributed by atoms with E-state index >= 15 is 0 Å². The number of amidine groups is 1. The van der Waals surface area contributed by atoms with Crippen molar-refractivity contribution in [2.45, 2.75) is 45.4 Å². The molecule has 2 heterocycles. The number of aliphatic imine (C=N–C) groups is 1. The molecule has 2 aromatic rings. The number of hydrogen-bond donors (Lipinski definition) is 1. The lowest BCUT2D eigenvalue weighted by Crippen LogP contribution is -2.34. The number of carbonyl (C=O) groups excluding carboxylic acids is 1. The first-order valence-electron chi connectivity index (χ1n) is 9.69. The monoisotopic (exact) mass is 416 g/mol. The fourth-order valence-corrected chi connectivity index (χ4v) is 4.67. The average Bonchev–Trinajstić information content (AvgIpc) is 3.15. The van der Waals surface area contributed by atoms with Crippen molar-refractivity contribution in [2.24, 2.45) is 4.99 Å². The summed E-state index contributed by atoms with van der Waals surface area (Å²) in [5.74, 6) is 0.282. The van der Waals surface area contributed by atoms with Crippen LogP contribution in [0.1, 0.15) is 45.7 Å². The minimum absolute atomic E-state index is 0.0159. The number of anilines is 1. The lowest BCUT2D eigenvalue weighted by Gasteiger charge is -2.29. The van der Waals surface area contributed by atoms with Crippen LogP contribution in [0.2, 0.25) is 0 Å². The number of carbonyl (C=O) groups is 1. The average molecular weight is 417 g/mol. The van der Waals surface area contributed by atoms with E-state index in [2.05, 4.69) is 36.0 Å². The van der Waals surface area contributed by atoms with Crippen molar-refractivity contribution in [3.8, 4) is 0 Å². The number of amides is 1. The van der Waals surface area contributed by atoms with Crippen molar-refractivity contribution >= 4 is 45.0 Å². The minimum atomic E-state index is -0.0439. The number of nitrogens with one attached hydrogen (secondary N) is 1. The number of hydrogen-bond acceptors (Lipinski definition) is 5. The number of nitrogens with zero attached hydrogens (tertiary/aromatic N) is 3. The van der Waals surface area contributed by atoms with Crippen LogP contribution in [-0.4, -0.2) is 39.8 Å². The van der Waals surface area contributed by atoms with Gasteiger partial charge in [-0.1, -0.05) is 50.7 Å². The van der Waals surface area contributed by atoms with E-state index in [1.807, 2.05) is 35.7 Å². The van der Waals surface area contributed by atoms with Crippen molar-refractivity contribution in [1.82, 2.24) is 9.88 Å². The first kappa shape index (κ1) is 20.9. The van der Waals surface area contributed by atoms with Gasteiger partial charge in [-0.05, 0) is 31.4 Å². The maximum atomic E-state index is 12.5. The predicted octanol–water partition coefficient (Wildman–Crippen LogP) is 5.29. The van der Waals surface area contributed by atoms with Crippen molar-refractivity contribution in [2.75, 3.05) is 24.2 Å². The molecule has 1 aliphatic rings. The molecule has 1 saturated heterocycles. The molecule has 1 amide bonds. The van der Waals surface area contributed by atoms with E-state index in [0.717, 1.165) is 29.6 Å². The Hall–Kier alpha value is -1.86. The van der Waals surface area contributed by atoms with Gasteiger partial charge in [0.1, 0.15) is 0 Å². The van der Waals surface area contributed by atoms with Crippen molar-refractivity contribution in [3.63, 3.8) is 0 Å². The third-order valence-electron chi connectivity index (χ3n) is 4.46. The topological polar surface area (TPSA) is 57.6 Å². The summed E-state index contributed by atoms with van der Waals surface area (Å²) in [6, 6.07) is 9.95. The number of aromatic nitrogens is 1. The van der Waals surface area contributed by atoms with E-state index in [1.165, 1.54) is 42.4 Å². The van der Waals surface area contributed by atoms with Crippen LogP contribution in [0.15, 0.2) is 40.7 Å². The molecule has 0 aliphatic carbocycles. The normalized spacial score (nSPS) is 15.5. The minimum Gasteiger partial charge on any atom is -0.351 e. The molecule has 0 bridgehead atoms. The van der Waals surface area contributed by atoms with Gasteiger partial charge in [0.25, 0.3) is 0 Å². The third-order valence-corrected chi connectivity index (χ3v) is 6.23. The Bertz CT molecular complexity index is 805. The van der Waals surface area contributed by atoms with Gasteiger partial charge in [0.15, 0.2) is 10.3 Å². The second-order valence-electron chi connectivity index (χ2n) is 7.90. The summed E-state index contributed by atoms with van der Waals surface area (Å²) in [5.41, 5.74) is 1.91. The maximum Gasteiger partial charge on any atom is 0.236 e. The van der Waals surface area contributed by atoms with Gasteiger partial charge < -0.3 is 10.2 Å². The Labute approximate surface area is 175 Å². The highest BCUT2D eigenvalue weighted by Crippen LogP contribution is 2.27. The van der Waals surface area contributed by atoms with Gasteiger partial charge in [-0.3, -0.25) is 4.79 Å². The molecule has 3 rings (SSSR count). The first-order chi connectivity index (χ1) is 13.4. The zero-order valence-electron chi connectivity index (χ0n) is 16.8. The number of para-hydroxylation sites is 1. The smallest absolute Gasteiger partial charge is 0.236 e. The van der Waals surface area contributed by atoms with E-state index in [1.54, 1.807) is 0 Å². The van der Waals surface area contributed by atoms with Crippen LogP contribution in [0.5, 0.6) is 0 Å². The Balaban J connectivity index is 1.63. The Morgan fingerprint density at radius 1 is 1.21 bits per heavy atom. The molecule has 0 saturated carbocycles. The van der Waals surface area contributed by atoms with Gasteiger partial charge >= 0.3 is 0 Å². The van der Waals surface area contributed by atoms with Gasteiger partial charge in [-0.15, -0.1) is 11.3 Å². The van der Waals surface area contributed by atoms with E-state index in [9.17, 15) is 4.79 Å². The van der Waals surface area contributed by atoms with Crippen LogP contribution in [0.25, 0.3) is 0 Å². The predicted molar refractivity (Wildman–Crippen MR) is 121 cm³/mol. The molecule has 1 N–H and O–H groups in total. The molecule has 28 heavy (non-hydrogen) atoms. The highest BCUT2D eigenvalue weighted by Gasteiger charge is 2.20. The number of likely N-dealkylation sites (tertiary alicyclic amines) is 1. The molecule has 1 aromatic heterocycles. The zero-order chi connectivity index (χ0) is 20.0. The van der Waals surface area contributed by atoms with E-state index in [0.29, 0.717) is 10.9 Å². The maximum absolute atomic E-state index is 12.5. The second kappa shape index (κ2) is 9.56. The fraction of sp³-hybridized carbons (Fsp3) is 0.476. The molecule has 150 valence electrons. The SMILES string of the molecule is CC(C)(C)c1csc(NC(=O)CSC(=Nc2ccccc2)N2CCCCC2)n1. The van der Waals surface area contributed by atoms with Crippen LogP contribution < -0.4 is 5.32 Å². The lowest BCUT2D eigenvalue weighted by molar-refractivity contribution is -0.113. The highest BCUT2D eigenvalue weighted by atomic mass is 32.2. The highest BCUT2D eigenvalue weighted by molar-refractivity contribution is 8.14. The van der Waals surface area contributed by atoms with Crippen LogP contribution in [0.3, 0.4) is 0 Å². The second-order valence-corrected chi connectivity index (χ2v) is 9.70. The first-order valence-corrected chi connectivity index (χ1v) is 11.6. The molecule has 5 nitrogen and oxygen atoms in total. The molecule has 0 radical (unpaired) electrons. The lowest BCUT2D eigenvalue weighted by atomic mass is 9.93. The van der Waals surface area contributed by atoms with Crippen molar-refractivity contribution in [3.05, 3.63) is 41.4 Å². The van der Waals surface area contributed by atoms with Gasteiger partial charge in [-0.2, -0.15) is 0 Å². The molecule has 1 aromatic carbocycles. The summed E-state index contributed by atoms with van der Waals surface area (Å²) in [4.78, 5) is 24.1. The van der Waals surface area contributed by atoms with Crippen LogP contribution in [0.4, 0.5) is 10.8 Å². The Kier molecular flexibility index (Phi) is 7.13. The summed E-state index contributed by atoms with van der Waals surface area (Å²) in [7, 11) is 0. The number of rotatable bonds is 4. The van der Waals surface area contributed by atoms with Crippen molar-refractivity contribution in [1.29, 1.82) is 0 Å². The van der Waals surface area contributed by atoms with Crippen LogP contribution in [0, 0.1) is 0 Å². The van der Waals surface area contributed by atoms with Gasteiger partial charge in [-0.25, -0.2) is 9.98 Å². The molecule has 1 aliphatic heterocycles. The molecular formula is C21H28N4OS2. The summed E-state index contributed by atoms with van der Waals surface area (Å²) in [6.45, 7) is 8.36. The summed E-state index contributed by atoms with van der Waals surface area (Å²) in [5, 5.41) is 6.53. The largest absolute Gasteiger partial charge is 0.351 e. The van der Waals surface area contributed by atoms with E-state index in [4.69, 9.17) is 4.99 Å².